The van der Waals surface area contributed by atoms with Gasteiger partial charge in [-0.15, -0.1) is 0 Å². The summed E-state index contributed by atoms with van der Waals surface area (Å²) >= 11 is 0. The summed E-state index contributed by atoms with van der Waals surface area (Å²) in [7, 11) is 1.38. The Morgan fingerprint density at radius 2 is 2.10 bits per heavy atom. The van der Waals surface area contributed by atoms with Crippen molar-refractivity contribution in [3.63, 3.8) is 0 Å². The molecule has 20 heavy (non-hydrogen) atoms. The third-order valence-electron chi connectivity index (χ3n) is 4.88. The number of carbonyl (C=O) groups excluding carboxylic acids is 1. The number of methoxy groups -OCH3 is 1. The molecule has 1 N–H and O–H groups in total. The summed E-state index contributed by atoms with van der Waals surface area (Å²) in [6.07, 6.45) is 5.24. The number of ether oxygens (including phenoxy) is 1. The fourth-order valence-electron chi connectivity index (χ4n) is 3.63. The minimum atomic E-state index is -0.764. The largest absolute Gasteiger partial charge is 0.481 e. The number of carbonyl (C=O) groups is 2. The number of esters is 1. The number of allylic oxidation sites excluding steroid dienone is 2. The normalized spacial score (nSPS) is 31.0. The molecule has 2 aliphatic carbocycles. The summed E-state index contributed by atoms with van der Waals surface area (Å²) in [6.45, 7) is 5.90. The first-order chi connectivity index (χ1) is 9.45. The third kappa shape index (κ3) is 2.65. The number of hydrogen-bond donors (Lipinski definition) is 1. The fourth-order valence-corrected chi connectivity index (χ4v) is 3.63. The smallest absolute Gasteiger partial charge is 0.333 e. The van der Waals surface area contributed by atoms with Crippen LogP contribution in [0.25, 0.3) is 0 Å². The van der Waals surface area contributed by atoms with Crippen LogP contribution in [-0.4, -0.2) is 24.2 Å². The van der Waals surface area contributed by atoms with E-state index >= 15 is 0 Å². The molecule has 2 rings (SSSR count). The minimum Gasteiger partial charge on any atom is -0.481 e. The van der Waals surface area contributed by atoms with E-state index in [9.17, 15) is 14.7 Å². The summed E-state index contributed by atoms with van der Waals surface area (Å²) in [5.74, 6) is -0.970. The number of rotatable bonds is 3. The van der Waals surface area contributed by atoms with E-state index in [1.165, 1.54) is 12.7 Å². The van der Waals surface area contributed by atoms with E-state index in [0.717, 1.165) is 19.3 Å². The predicted molar refractivity (Wildman–Crippen MR) is 75.0 cm³/mol. The van der Waals surface area contributed by atoms with Gasteiger partial charge in [0.15, 0.2) is 0 Å². The number of carboxylic acid groups (broad SMARTS) is 1. The Morgan fingerprint density at radius 3 is 2.70 bits per heavy atom. The van der Waals surface area contributed by atoms with E-state index in [1.54, 1.807) is 6.92 Å². The molecule has 0 radical (unpaired) electrons. The highest BCUT2D eigenvalue weighted by Crippen LogP contribution is 2.47. The van der Waals surface area contributed by atoms with Crippen LogP contribution in [0.5, 0.6) is 0 Å². The zero-order valence-electron chi connectivity index (χ0n) is 12.1. The van der Waals surface area contributed by atoms with Crippen molar-refractivity contribution in [2.45, 2.75) is 32.6 Å². The first kappa shape index (κ1) is 14.8. The van der Waals surface area contributed by atoms with Gasteiger partial charge in [-0.05, 0) is 43.4 Å². The SMILES string of the molecule is C=C1CCC(C(C)C(=O)O)C2C=C(C(=O)OC)CCC12. The van der Waals surface area contributed by atoms with Gasteiger partial charge in [-0.25, -0.2) is 4.79 Å². The second kappa shape index (κ2) is 5.81. The van der Waals surface area contributed by atoms with Crippen molar-refractivity contribution in [1.82, 2.24) is 0 Å². The van der Waals surface area contributed by atoms with Gasteiger partial charge in [0.1, 0.15) is 0 Å². The molecule has 4 unspecified atom stereocenters. The second-order valence-corrected chi connectivity index (χ2v) is 5.89. The molecule has 4 heteroatoms. The topological polar surface area (TPSA) is 63.6 Å². The standard InChI is InChI=1S/C16H22O4/c1-9-4-6-13(10(2)15(17)18)14-8-11(16(19)20-3)5-7-12(9)14/h8,10,12-14H,1,4-7H2,2-3H3,(H,17,18). The molecular weight excluding hydrogens is 256 g/mol. The molecule has 0 heterocycles. The van der Waals surface area contributed by atoms with Crippen LogP contribution in [0.2, 0.25) is 0 Å². The monoisotopic (exact) mass is 278 g/mol. The Morgan fingerprint density at radius 1 is 1.40 bits per heavy atom. The van der Waals surface area contributed by atoms with Crippen LogP contribution in [-0.2, 0) is 14.3 Å². The number of carboxylic acids is 1. The Balaban J connectivity index is 2.30. The molecule has 0 aliphatic heterocycles. The molecular formula is C16H22O4. The molecule has 0 saturated heterocycles. The molecule has 0 aromatic heterocycles. The van der Waals surface area contributed by atoms with Crippen LogP contribution < -0.4 is 0 Å². The Labute approximate surface area is 119 Å². The van der Waals surface area contributed by atoms with Crippen LogP contribution in [0.4, 0.5) is 0 Å². The quantitative estimate of drug-likeness (QED) is 0.637. The summed E-state index contributed by atoms with van der Waals surface area (Å²) in [6, 6.07) is 0. The zero-order valence-corrected chi connectivity index (χ0v) is 12.1. The maximum Gasteiger partial charge on any atom is 0.333 e. The molecule has 0 aromatic rings. The molecule has 0 amide bonds. The van der Waals surface area contributed by atoms with Crippen LogP contribution in [0.15, 0.2) is 23.8 Å². The number of hydrogen-bond acceptors (Lipinski definition) is 3. The Hall–Kier alpha value is -1.58. The molecule has 4 nitrogen and oxygen atoms in total. The average Bonchev–Trinajstić information content (AvgIpc) is 2.45. The van der Waals surface area contributed by atoms with Crippen molar-refractivity contribution < 1.29 is 19.4 Å². The van der Waals surface area contributed by atoms with E-state index < -0.39 is 11.9 Å². The van der Waals surface area contributed by atoms with Crippen molar-refractivity contribution in [2.75, 3.05) is 7.11 Å². The first-order valence-electron chi connectivity index (χ1n) is 7.15. The van der Waals surface area contributed by atoms with Gasteiger partial charge in [-0.1, -0.05) is 25.2 Å². The fraction of sp³-hybridized carbons (Fsp3) is 0.625. The molecule has 110 valence electrons. The highest BCUT2D eigenvalue weighted by atomic mass is 16.5. The molecule has 1 fully saturated rings. The first-order valence-corrected chi connectivity index (χ1v) is 7.15. The average molecular weight is 278 g/mol. The molecule has 0 aromatic carbocycles. The highest BCUT2D eigenvalue weighted by molar-refractivity contribution is 5.88. The van der Waals surface area contributed by atoms with Gasteiger partial charge in [-0.2, -0.15) is 0 Å². The van der Waals surface area contributed by atoms with Gasteiger partial charge in [0.05, 0.1) is 13.0 Å². The van der Waals surface area contributed by atoms with E-state index in [4.69, 9.17) is 4.74 Å². The summed E-state index contributed by atoms with van der Waals surface area (Å²) in [5.41, 5.74) is 1.88. The van der Waals surface area contributed by atoms with Crippen molar-refractivity contribution in [2.24, 2.45) is 23.7 Å². The van der Waals surface area contributed by atoms with Gasteiger partial charge in [0.2, 0.25) is 0 Å². The summed E-state index contributed by atoms with van der Waals surface area (Å²) < 4.78 is 4.79. The maximum atomic E-state index is 11.7. The second-order valence-electron chi connectivity index (χ2n) is 5.89. The van der Waals surface area contributed by atoms with Gasteiger partial charge in [0, 0.05) is 5.57 Å². The molecule has 0 bridgehead atoms. The highest BCUT2D eigenvalue weighted by Gasteiger charge is 2.41. The molecule has 2 aliphatic rings. The van der Waals surface area contributed by atoms with Gasteiger partial charge in [-0.3, -0.25) is 4.79 Å². The van der Waals surface area contributed by atoms with Crippen LogP contribution in [0, 0.1) is 23.7 Å². The lowest BCUT2D eigenvalue weighted by molar-refractivity contribution is -0.144. The van der Waals surface area contributed by atoms with Gasteiger partial charge in [0.25, 0.3) is 0 Å². The van der Waals surface area contributed by atoms with Crippen molar-refractivity contribution in [3.8, 4) is 0 Å². The Bertz CT molecular complexity index is 463. The number of aliphatic carboxylic acids is 1. The van der Waals surface area contributed by atoms with Crippen LogP contribution >= 0.6 is 0 Å². The van der Waals surface area contributed by atoms with Crippen molar-refractivity contribution in [3.05, 3.63) is 23.8 Å². The summed E-state index contributed by atoms with van der Waals surface area (Å²) in [5, 5.41) is 9.28. The zero-order chi connectivity index (χ0) is 14.9. The van der Waals surface area contributed by atoms with E-state index in [2.05, 4.69) is 6.58 Å². The molecule has 0 spiro atoms. The lowest BCUT2D eigenvalue weighted by Crippen LogP contribution is -2.37. The van der Waals surface area contributed by atoms with E-state index in [-0.39, 0.29) is 17.8 Å². The van der Waals surface area contributed by atoms with Crippen LogP contribution in [0.1, 0.15) is 32.6 Å². The van der Waals surface area contributed by atoms with Crippen molar-refractivity contribution in [1.29, 1.82) is 0 Å². The molecule has 4 atom stereocenters. The number of fused-ring (bicyclic) bond motifs is 1. The maximum absolute atomic E-state index is 11.7. The lowest BCUT2D eigenvalue weighted by Gasteiger charge is -2.42. The molecule has 1 saturated carbocycles. The predicted octanol–water partition coefficient (Wildman–Crippen LogP) is 2.80. The van der Waals surface area contributed by atoms with Crippen LogP contribution in [0.3, 0.4) is 0 Å². The van der Waals surface area contributed by atoms with E-state index in [0.29, 0.717) is 17.9 Å². The Kier molecular flexibility index (Phi) is 4.31. The minimum absolute atomic E-state index is 0.0722. The van der Waals surface area contributed by atoms with Gasteiger partial charge < -0.3 is 9.84 Å². The summed E-state index contributed by atoms with van der Waals surface area (Å²) in [4.78, 5) is 23.0. The third-order valence-corrected chi connectivity index (χ3v) is 4.88. The van der Waals surface area contributed by atoms with Gasteiger partial charge >= 0.3 is 11.9 Å². The van der Waals surface area contributed by atoms with E-state index in [1.807, 2.05) is 6.08 Å². The lowest BCUT2D eigenvalue weighted by atomic mass is 9.62. The van der Waals surface area contributed by atoms with Crippen molar-refractivity contribution >= 4 is 11.9 Å².